The molecular formula is C14H22ClN3O. The molecule has 2 rings (SSSR count). The SMILES string of the molecule is CCCc1nc(Cl)cc(NCC2CCCC2CO)n1. The van der Waals surface area contributed by atoms with Gasteiger partial charge in [-0.1, -0.05) is 24.9 Å². The van der Waals surface area contributed by atoms with E-state index in [4.69, 9.17) is 11.6 Å². The van der Waals surface area contributed by atoms with E-state index in [1.807, 2.05) is 0 Å². The molecule has 1 aliphatic rings. The monoisotopic (exact) mass is 283 g/mol. The molecular weight excluding hydrogens is 262 g/mol. The van der Waals surface area contributed by atoms with Gasteiger partial charge in [0, 0.05) is 25.6 Å². The van der Waals surface area contributed by atoms with Crippen LogP contribution < -0.4 is 5.32 Å². The maximum Gasteiger partial charge on any atom is 0.134 e. The first-order chi connectivity index (χ1) is 9.22. The molecule has 106 valence electrons. The van der Waals surface area contributed by atoms with Crippen molar-refractivity contribution in [2.75, 3.05) is 18.5 Å². The van der Waals surface area contributed by atoms with E-state index in [2.05, 4.69) is 22.2 Å². The highest BCUT2D eigenvalue weighted by molar-refractivity contribution is 6.29. The van der Waals surface area contributed by atoms with Crippen molar-refractivity contribution in [1.82, 2.24) is 9.97 Å². The smallest absolute Gasteiger partial charge is 0.134 e. The van der Waals surface area contributed by atoms with Crippen molar-refractivity contribution >= 4 is 17.4 Å². The molecule has 1 aliphatic carbocycles. The highest BCUT2D eigenvalue weighted by Gasteiger charge is 2.26. The summed E-state index contributed by atoms with van der Waals surface area (Å²) >= 11 is 6.01. The van der Waals surface area contributed by atoms with Gasteiger partial charge in [-0.05, 0) is 31.1 Å². The van der Waals surface area contributed by atoms with Crippen LogP contribution in [0.25, 0.3) is 0 Å². The Labute approximate surface area is 119 Å². The van der Waals surface area contributed by atoms with Crippen LogP contribution in [0.15, 0.2) is 6.07 Å². The number of rotatable bonds is 6. The molecule has 0 radical (unpaired) electrons. The van der Waals surface area contributed by atoms with E-state index >= 15 is 0 Å². The van der Waals surface area contributed by atoms with Crippen molar-refractivity contribution in [2.45, 2.75) is 39.0 Å². The largest absolute Gasteiger partial charge is 0.396 e. The Morgan fingerprint density at radius 3 is 2.89 bits per heavy atom. The normalized spacial score (nSPS) is 22.7. The minimum Gasteiger partial charge on any atom is -0.396 e. The summed E-state index contributed by atoms with van der Waals surface area (Å²) in [5.41, 5.74) is 0. The summed E-state index contributed by atoms with van der Waals surface area (Å²) in [6, 6.07) is 1.77. The average Bonchev–Trinajstić information content (AvgIpc) is 2.83. The van der Waals surface area contributed by atoms with E-state index in [-0.39, 0.29) is 6.61 Å². The lowest BCUT2D eigenvalue weighted by atomic mass is 9.97. The molecule has 0 spiro atoms. The Bertz CT molecular complexity index is 414. The van der Waals surface area contributed by atoms with Crippen molar-refractivity contribution in [2.24, 2.45) is 11.8 Å². The van der Waals surface area contributed by atoms with Gasteiger partial charge in [0.2, 0.25) is 0 Å². The summed E-state index contributed by atoms with van der Waals surface area (Å²) in [5, 5.41) is 13.2. The molecule has 1 aromatic heterocycles. The van der Waals surface area contributed by atoms with Gasteiger partial charge in [-0.2, -0.15) is 0 Å². The van der Waals surface area contributed by atoms with Gasteiger partial charge in [-0.15, -0.1) is 0 Å². The van der Waals surface area contributed by atoms with Crippen LogP contribution in [0.3, 0.4) is 0 Å². The molecule has 0 aromatic carbocycles. The molecule has 0 saturated heterocycles. The third-order valence-electron chi connectivity index (χ3n) is 3.81. The lowest BCUT2D eigenvalue weighted by Gasteiger charge is -2.18. The summed E-state index contributed by atoms with van der Waals surface area (Å²) in [6.07, 6.45) is 5.38. The lowest BCUT2D eigenvalue weighted by molar-refractivity contribution is 0.199. The summed E-state index contributed by atoms with van der Waals surface area (Å²) in [4.78, 5) is 8.67. The van der Waals surface area contributed by atoms with Gasteiger partial charge in [0.15, 0.2) is 0 Å². The fraction of sp³-hybridized carbons (Fsp3) is 0.714. The van der Waals surface area contributed by atoms with Crippen molar-refractivity contribution in [1.29, 1.82) is 0 Å². The molecule has 1 fully saturated rings. The van der Waals surface area contributed by atoms with Crippen molar-refractivity contribution in [3.8, 4) is 0 Å². The summed E-state index contributed by atoms with van der Waals surface area (Å²) < 4.78 is 0. The molecule has 19 heavy (non-hydrogen) atoms. The Hall–Kier alpha value is -0.870. The zero-order valence-corrected chi connectivity index (χ0v) is 12.2. The van der Waals surface area contributed by atoms with Crippen LogP contribution >= 0.6 is 11.6 Å². The fourth-order valence-corrected chi connectivity index (χ4v) is 2.95. The van der Waals surface area contributed by atoms with Gasteiger partial charge in [0.1, 0.15) is 16.8 Å². The van der Waals surface area contributed by atoms with E-state index < -0.39 is 0 Å². The fourth-order valence-electron chi connectivity index (χ4n) is 2.75. The minimum atomic E-state index is 0.290. The maximum atomic E-state index is 9.32. The van der Waals surface area contributed by atoms with Crippen LogP contribution in [0.5, 0.6) is 0 Å². The van der Waals surface area contributed by atoms with Crippen LogP contribution in [-0.2, 0) is 6.42 Å². The highest BCUT2D eigenvalue weighted by atomic mass is 35.5. The zero-order valence-electron chi connectivity index (χ0n) is 11.4. The average molecular weight is 284 g/mol. The van der Waals surface area contributed by atoms with Crippen LogP contribution in [0.2, 0.25) is 5.15 Å². The number of aryl methyl sites for hydroxylation is 1. The van der Waals surface area contributed by atoms with Gasteiger partial charge >= 0.3 is 0 Å². The summed E-state index contributed by atoms with van der Waals surface area (Å²) in [5.74, 6) is 2.56. The van der Waals surface area contributed by atoms with E-state index in [0.29, 0.717) is 17.0 Å². The Kier molecular flexibility index (Phi) is 5.40. The molecule has 5 heteroatoms. The van der Waals surface area contributed by atoms with Gasteiger partial charge < -0.3 is 10.4 Å². The number of nitrogens with zero attached hydrogens (tertiary/aromatic N) is 2. The molecule has 2 N–H and O–H groups in total. The zero-order chi connectivity index (χ0) is 13.7. The maximum absolute atomic E-state index is 9.32. The van der Waals surface area contributed by atoms with Crippen molar-refractivity contribution in [3.05, 3.63) is 17.0 Å². The first-order valence-electron chi connectivity index (χ1n) is 7.11. The van der Waals surface area contributed by atoms with Crippen LogP contribution in [0, 0.1) is 11.8 Å². The minimum absolute atomic E-state index is 0.290. The van der Waals surface area contributed by atoms with Crippen LogP contribution in [0.1, 0.15) is 38.4 Å². The van der Waals surface area contributed by atoms with E-state index in [9.17, 15) is 5.11 Å². The number of halogens is 1. The van der Waals surface area contributed by atoms with Crippen LogP contribution in [-0.4, -0.2) is 28.2 Å². The Balaban J connectivity index is 1.95. The molecule has 0 amide bonds. The standard InChI is InChI=1S/C14H22ClN3O/c1-2-4-13-17-12(15)7-14(18-13)16-8-10-5-3-6-11(10)9-19/h7,10-11,19H,2-6,8-9H2,1H3,(H,16,17,18). The number of anilines is 1. The first-order valence-corrected chi connectivity index (χ1v) is 7.49. The number of aliphatic hydroxyl groups is 1. The van der Waals surface area contributed by atoms with Gasteiger partial charge in [-0.3, -0.25) is 0 Å². The second-order valence-corrected chi connectivity index (χ2v) is 5.64. The first kappa shape index (κ1) is 14.5. The molecule has 0 bridgehead atoms. The Morgan fingerprint density at radius 1 is 1.37 bits per heavy atom. The quantitative estimate of drug-likeness (QED) is 0.788. The molecule has 1 aromatic rings. The summed E-state index contributed by atoms with van der Waals surface area (Å²) in [7, 11) is 0. The molecule has 1 heterocycles. The third kappa shape index (κ3) is 4.05. The molecule has 2 atom stereocenters. The van der Waals surface area contributed by atoms with Crippen molar-refractivity contribution in [3.63, 3.8) is 0 Å². The number of hydrogen-bond acceptors (Lipinski definition) is 4. The Morgan fingerprint density at radius 2 is 2.16 bits per heavy atom. The molecule has 4 nitrogen and oxygen atoms in total. The topological polar surface area (TPSA) is 58.0 Å². The van der Waals surface area contributed by atoms with Gasteiger partial charge in [0.05, 0.1) is 0 Å². The summed E-state index contributed by atoms with van der Waals surface area (Å²) in [6.45, 7) is 3.24. The molecule has 0 aliphatic heterocycles. The van der Waals surface area contributed by atoms with Gasteiger partial charge in [-0.25, -0.2) is 9.97 Å². The van der Waals surface area contributed by atoms with Crippen molar-refractivity contribution < 1.29 is 5.11 Å². The number of aliphatic hydroxyl groups excluding tert-OH is 1. The number of aromatic nitrogens is 2. The van der Waals surface area contributed by atoms with E-state index in [0.717, 1.165) is 37.4 Å². The number of hydrogen-bond donors (Lipinski definition) is 2. The highest BCUT2D eigenvalue weighted by Crippen LogP contribution is 2.31. The second kappa shape index (κ2) is 7.06. The molecule has 1 saturated carbocycles. The number of nitrogens with one attached hydrogen (secondary N) is 1. The molecule has 2 unspecified atom stereocenters. The lowest BCUT2D eigenvalue weighted by Crippen LogP contribution is -2.21. The predicted octanol–water partition coefficient (Wildman–Crippen LogP) is 2.90. The predicted molar refractivity (Wildman–Crippen MR) is 77.4 cm³/mol. The van der Waals surface area contributed by atoms with E-state index in [1.165, 1.54) is 12.8 Å². The van der Waals surface area contributed by atoms with Gasteiger partial charge in [0.25, 0.3) is 0 Å². The second-order valence-electron chi connectivity index (χ2n) is 5.26. The van der Waals surface area contributed by atoms with E-state index in [1.54, 1.807) is 6.07 Å². The van der Waals surface area contributed by atoms with Crippen LogP contribution in [0.4, 0.5) is 5.82 Å². The third-order valence-corrected chi connectivity index (χ3v) is 4.00.